The van der Waals surface area contributed by atoms with Gasteiger partial charge in [-0.15, -0.1) is 0 Å². The zero-order chi connectivity index (χ0) is 18.6. The summed E-state index contributed by atoms with van der Waals surface area (Å²) < 4.78 is 43.9. The number of halogens is 3. The first-order valence-corrected chi connectivity index (χ1v) is 7.44. The standard InChI is InChI=1S/C18H16F3NO3/c1-11-7-3-4-8-13(11)17(24)25-12(2)16(23)22-15-10-6-5-9-14(15)18(19,20)21/h3-10,12H,1-2H3,(H,22,23)/t12-/m0/s1. The Labute approximate surface area is 142 Å². The molecule has 0 aromatic heterocycles. The van der Waals surface area contributed by atoms with Crippen molar-refractivity contribution in [2.45, 2.75) is 26.1 Å². The van der Waals surface area contributed by atoms with Gasteiger partial charge in [0.25, 0.3) is 5.91 Å². The molecule has 1 amide bonds. The summed E-state index contributed by atoms with van der Waals surface area (Å²) in [4.78, 5) is 24.2. The third-order valence-electron chi connectivity index (χ3n) is 3.51. The van der Waals surface area contributed by atoms with Crippen molar-refractivity contribution in [1.82, 2.24) is 0 Å². The van der Waals surface area contributed by atoms with Crippen molar-refractivity contribution in [2.24, 2.45) is 0 Å². The minimum absolute atomic E-state index is 0.290. The number of aryl methyl sites for hydroxylation is 1. The summed E-state index contributed by atoms with van der Waals surface area (Å²) in [5.41, 5.74) is -0.403. The Balaban J connectivity index is 2.09. The largest absolute Gasteiger partial charge is 0.449 e. The number of ether oxygens (including phenoxy) is 1. The van der Waals surface area contributed by atoms with Crippen LogP contribution in [-0.2, 0) is 15.7 Å². The monoisotopic (exact) mass is 351 g/mol. The smallest absolute Gasteiger partial charge is 0.418 e. The molecule has 2 rings (SSSR count). The number of amides is 1. The van der Waals surface area contributed by atoms with E-state index in [4.69, 9.17) is 4.74 Å². The summed E-state index contributed by atoms with van der Waals surface area (Å²) in [5, 5.41) is 2.15. The van der Waals surface area contributed by atoms with E-state index >= 15 is 0 Å². The Kier molecular flexibility index (Phi) is 5.46. The number of carbonyl (C=O) groups is 2. The van der Waals surface area contributed by atoms with E-state index in [-0.39, 0.29) is 5.56 Å². The fourth-order valence-electron chi connectivity index (χ4n) is 2.15. The number of hydrogen-bond acceptors (Lipinski definition) is 3. The van der Waals surface area contributed by atoms with Gasteiger partial charge in [0.1, 0.15) is 0 Å². The molecule has 2 aromatic carbocycles. The number of para-hydroxylation sites is 1. The molecular formula is C18H16F3NO3. The number of nitrogens with one attached hydrogen (secondary N) is 1. The third-order valence-corrected chi connectivity index (χ3v) is 3.51. The van der Waals surface area contributed by atoms with Crippen molar-refractivity contribution in [3.8, 4) is 0 Å². The number of anilines is 1. The molecule has 0 fully saturated rings. The number of esters is 1. The summed E-state index contributed by atoms with van der Waals surface area (Å²) in [6.07, 6.45) is -5.86. The van der Waals surface area contributed by atoms with Gasteiger partial charge in [-0.1, -0.05) is 30.3 Å². The zero-order valence-electron chi connectivity index (χ0n) is 13.6. The number of hydrogen-bond donors (Lipinski definition) is 1. The molecule has 132 valence electrons. The summed E-state index contributed by atoms with van der Waals surface area (Å²) >= 11 is 0. The van der Waals surface area contributed by atoms with Crippen LogP contribution >= 0.6 is 0 Å². The van der Waals surface area contributed by atoms with Crippen LogP contribution in [0, 0.1) is 6.92 Å². The van der Waals surface area contributed by atoms with E-state index in [0.29, 0.717) is 5.56 Å². The molecule has 1 N–H and O–H groups in total. The second kappa shape index (κ2) is 7.38. The van der Waals surface area contributed by atoms with Crippen LogP contribution in [0.2, 0.25) is 0 Å². The van der Waals surface area contributed by atoms with Gasteiger partial charge in [0, 0.05) is 0 Å². The molecule has 0 bridgehead atoms. The molecule has 4 nitrogen and oxygen atoms in total. The maximum absolute atomic E-state index is 12.9. The maximum atomic E-state index is 12.9. The number of benzene rings is 2. The second-order valence-corrected chi connectivity index (χ2v) is 5.40. The molecule has 0 radical (unpaired) electrons. The van der Waals surface area contributed by atoms with E-state index in [9.17, 15) is 22.8 Å². The van der Waals surface area contributed by atoms with Gasteiger partial charge in [-0.3, -0.25) is 4.79 Å². The van der Waals surface area contributed by atoms with Crippen molar-refractivity contribution >= 4 is 17.6 Å². The highest BCUT2D eigenvalue weighted by Crippen LogP contribution is 2.34. The quantitative estimate of drug-likeness (QED) is 0.840. The maximum Gasteiger partial charge on any atom is 0.418 e. The van der Waals surface area contributed by atoms with E-state index < -0.39 is 35.4 Å². The van der Waals surface area contributed by atoms with Gasteiger partial charge < -0.3 is 10.1 Å². The van der Waals surface area contributed by atoms with Crippen molar-refractivity contribution in [3.05, 3.63) is 65.2 Å². The van der Waals surface area contributed by atoms with Crippen molar-refractivity contribution in [1.29, 1.82) is 0 Å². The first-order chi connectivity index (χ1) is 11.7. The first kappa shape index (κ1) is 18.5. The van der Waals surface area contributed by atoms with E-state index in [1.54, 1.807) is 31.2 Å². The summed E-state index contributed by atoms with van der Waals surface area (Å²) in [5.74, 6) is -1.57. The Bertz CT molecular complexity index is 787. The van der Waals surface area contributed by atoms with Crippen molar-refractivity contribution < 1.29 is 27.5 Å². The lowest BCUT2D eigenvalue weighted by molar-refractivity contribution is -0.137. The Morgan fingerprint density at radius 3 is 2.28 bits per heavy atom. The minimum atomic E-state index is -4.61. The fraction of sp³-hybridized carbons (Fsp3) is 0.222. The lowest BCUT2D eigenvalue weighted by atomic mass is 10.1. The lowest BCUT2D eigenvalue weighted by Gasteiger charge is -2.17. The fourth-order valence-corrected chi connectivity index (χ4v) is 2.15. The highest BCUT2D eigenvalue weighted by Gasteiger charge is 2.34. The molecule has 0 saturated carbocycles. The van der Waals surface area contributed by atoms with Gasteiger partial charge in [0.05, 0.1) is 16.8 Å². The SMILES string of the molecule is Cc1ccccc1C(=O)O[C@@H](C)C(=O)Nc1ccccc1C(F)(F)F. The summed E-state index contributed by atoms with van der Waals surface area (Å²) in [6.45, 7) is 3.00. The topological polar surface area (TPSA) is 55.4 Å². The van der Waals surface area contributed by atoms with Gasteiger partial charge in [-0.25, -0.2) is 4.79 Å². The molecule has 0 saturated heterocycles. The van der Waals surface area contributed by atoms with Crippen LogP contribution in [-0.4, -0.2) is 18.0 Å². The average molecular weight is 351 g/mol. The second-order valence-electron chi connectivity index (χ2n) is 5.40. The molecule has 0 aliphatic carbocycles. The van der Waals surface area contributed by atoms with Gasteiger partial charge in [0.15, 0.2) is 6.10 Å². The van der Waals surface area contributed by atoms with Crippen molar-refractivity contribution in [2.75, 3.05) is 5.32 Å². The minimum Gasteiger partial charge on any atom is -0.449 e. The van der Waals surface area contributed by atoms with Crippen LogP contribution in [0.4, 0.5) is 18.9 Å². The molecule has 1 atom stereocenters. The average Bonchev–Trinajstić information content (AvgIpc) is 2.54. The van der Waals surface area contributed by atoms with Crippen LogP contribution in [0.3, 0.4) is 0 Å². The molecule has 0 heterocycles. The Morgan fingerprint density at radius 2 is 1.64 bits per heavy atom. The number of rotatable bonds is 4. The van der Waals surface area contributed by atoms with E-state index in [1.165, 1.54) is 19.1 Å². The van der Waals surface area contributed by atoms with Gasteiger partial charge in [0.2, 0.25) is 0 Å². The summed E-state index contributed by atoms with van der Waals surface area (Å²) in [6, 6.07) is 11.2. The number of alkyl halides is 3. The predicted molar refractivity (Wildman–Crippen MR) is 86.1 cm³/mol. The molecule has 7 heteroatoms. The highest BCUT2D eigenvalue weighted by molar-refractivity contribution is 5.98. The van der Waals surface area contributed by atoms with Crippen LogP contribution in [0.15, 0.2) is 48.5 Å². The van der Waals surface area contributed by atoms with Crippen molar-refractivity contribution in [3.63, 3.8) is 0 Å². The molecular weight excluding hydrogens is 335 g/mol. The zero-order valence-corrected chi connectivity index (χ0v) is 13.6. The van der Waals surface area contributed by atoms with Gasteiger partial charge in [-0.2, -0.15) is 13.2 Å². The van der Waals surface area contributed by atoms with Crippen LogP contribution < -0.4 is 5.32 Å². The van der Waals surface area contributed by atoms with E-state index in [0.717, 1.165) is 12.1 Å². The number of carbonyl (C=O) groups excluding carboxylic acids is 2. The molecule has 0 spiro atoms. The van der Waals surface area contributed by atoms with Gasteiger partial charge >= 0.3 is 12.1 Å². The lowest BCUT2D eigenvalue weighted by Crippen LogP contribution is -2.31. The molecule has 0 unspecified atom stereocenters. The molecule has 2 aromatic rings. The molecule has 0 aliphatic heterocycles. The van der Waals surface area contributed by atoms with Crippen LogP contribution in [0.1, 0.15) is 28.4 Å². The molecule has 25 heavy (non-hydrogen) atoms. The van der Waals surface area contributed by atoms with Crippen LogP contribution in [0.5, 0.6) is 0 Å². The third kappa shape index (κ3) is 4.59. The highest BCUT2D eigenvalue weighted by atomic mass is 19.4. The van der Waals surface area contributed by atoms with E-state index in [2.05, 4.69) is 5.32 Å². The first-order valence-electron chi connectivity index (χ1n) is 7.44. The van der Waals surface area contributed by atoms with E-state index in [1.807, 2.05) is 0 Å². The Morgan fingerprint density at radius 1 is 1.04 bits per heavy atom. The van der Waals surface area contributed by atoms with Crippen LogP contribution in [0.25, 0.3) is 0 Å². The normalized spacial score (nSPS) is 12.4. The molecule has 0 aliphatic rings. The summed E-state index contributed by atoms with van der Waals surface area (Å²) in [7, 11) is 0. The van der Waals surface area contributed by atoms with Gasteiger partial charge in [-0.05, 0) is 37.6 Å². The Hall–Kier alpha value is -2.83. The predicted octanol–water partition coefficient (Wildman–Crippen LogP) is 4.20.